The summed E-state index contributed by atoms with van der Waals surface area (Å²) in [6, 6.07) is 5.85. The van der Waals surface area contributed by atoms with Gasteiger partial charge in [-0.2, -0.15) is 0 Å². The molecule has 2 N–H and O–H groups in total. The van der Waals surface area contributed by atoms with E-state index in [-0.39, 0.29) is 24.1 Å². The summed E-state index contributed by atoms with van der Waals surface area (Å²) in [6.45, 7) is 2.92. The van der Waals surface area contributed by atoms with Gasteiger partial charge in [0.2, 0.25) is 11.8 Å². The van der Waals surface area contributed by atoms with Gasteiger partial charge in [0.05, 0.1) is 0 Å². The second-order valence-corrected chi connectivity index (χ2v) is 4.28. The van der Waals surface area contributed by atoms with Crippen LogP contribution in [0.3, 0.4) is 0 Å². The van der Waals surface area contributed by atoms with Gasteiger partial charge in [-0.05, 0) is 24.1 Å². The second kappa shape index (κ2) is 8.24. The minimum Gasteiger partial charge on any atom is -0.356 e. The SMILES string of the molecule is CCCCNC(=O)CC(=O)NCc1ccc(F)cc1. The van der Waals surface area contributed by atoms with Gasteiger partial charge < -0.3 is 10.6 Å². The molecule has 0 spiro atoms. The zero-order valence-corrected chi connectivity index (χ0v) is 11.0. The number of benzene rings is 1. The van der Waals surface area contributed by atoms with Crippen LogP contribution in [0.1, 0.15) is 31.7 Å². The van der Waals surface area contributed by atoms with E-state index in [4.69, 9.17) is 0 Å². The molecule has 19 heavy (non-hydrogen) atoms. The number of hydrogen-bond acceptors (Lipinski definition) is 2. The van der Waals surface area contributed by atoms with Crippen molar-refractivity contribution in [1.82, 2.24) is 10.6 Å². The molecule has 1 rings (SSSR count). The summed E-state index contributed by atoms with van der Waals surface area (Å²) in [6.07, 6.45) is 1.73. The number of unbranched alkanes of at least 4 members (excludes halogenated alkanes) is 1. The summed E-state index contributed by atoms with van der Waals surface area (Å²) in [5, 5.41) is 5.29. The molecule has 0 unspecified atom stereocenters. The van der Waals surface area contributed by atoms with Crippen LogP contribution in [0, 0.1) is 5.82 Å². The Kier molecular flexibility index (Phi) is 6.57. The first-order valence-electron chi connectivity index (χ1n) is 6.39. The quantitative estimate of drug-likeness (QED) is 0.583. The Morgan fingerprint density at radius 1 is 1.11 bits per heavy atom. The summed E-state index contributed by atoms with van der Waals surface area (Å²) >= 11 is 0. The predicted octanol–water partition coefficient (Wildman–Crippen LogP) is 1.75. The topological polar surface area (TPSA) is 58.2 Å². The molecule has 0 atom stereocenters. The van der Waals surface area contributed by atoms with Gasteiger partial charge in [-0.15, -0.1) is 0 Å². The van der Waals surface area contributed by atoms with Crippen LogP contribution in [-0.2, 0) is 16.1 Å². The third kappa shape index (κ3) is 6.55. The van der Waals surface area contributed by atoms with Gasteiger partial charge in [0.15, 0.2) is 0 Å². The van der Waals surface area contributed by atoms with E-state index in [9.17, 15) is 14.0 Å². The van der Waals surface area contributed by atoms with E-state index < -0.39 is 0 Å². The molecule has 0 bridgehead atoms. The molecule has 1 aromatic carbocycles. The Labute approximate surface area is 112 Å². The standard InChI is InChI=1S/C14H19FN2O2/c1-2-3-8-16-13(18)9-14(19)17-10-11-4-6-12(15)7-5-11/h4-7H,2-3,8-10H2,1H3,(H,16,18)(H,17,19). The van der Waals surface area contributed by atoms with Gasteiger partial charge in [-0.1, -0.05) is 25.5 Å². The predicted molar refractivity (Wildman–Crippen MR) is 70.8 cm³/mol. The van der Waals surface area contributed by atoms with Crippen molar-refractivity contribution < 1.29 is 14.0 Å². The van der Waals surface area contributed by atoms with Crippen LogP contribution in [-0.4, -0.2) is 18.4 Å². The first-order chi connectivity index (χ1) is 9.11. The Morgan fingerprint density at radius 3 is 2.37 bits per heavy atom. The van der Waals surface area contributed by atoms with Gasteiger partial charge in [0.1, 0.15) is 12.2 Å². The largest absolute Gasteiger partial charge is 0.356 e. The van der Waals surface area contributed by atoms with Crippen LogP contribution in [0.2, 0.25) is 0 Å². The summed E-state index contributed by atoms with van der Waals surface area (Å²) in [7, 11) is 0. The molecular formula is C14H19FN2O2. The molecule has 0 heterocycles. The van der Waals surface area contributed by atoms with Gasteiger partial charge >= 0.3 is 0 Å². The highest BCUT2D eigenvalue weighted by molar-refractivity contribution is 5.96. The molecule has 0 aromatic heterocycles. The zero-order valence-electron chi connectivity index (χ0n) is 11.0. The van der Waals surface area contributed by atoms with Crippen LogP contribution < -0.4 is 10.6 Å². The molecule has 4 nitrogen and oxygen atoms in total. The lowest BCUT2D eigenvalue weighted by molar-refractivity contribution is -0.129. The van der Waals surface area contributed by atoms with Gasteiger partial charge in [0.25, 0.3) is 0 Å². The van der Waals surface area contributed by atoms with E-state index in [0.717, 1.165) is 18.4 Å². The molecule has 0 aliphatic heterocycles. The maximum atomic E-state index is 12.7. The number of halogens is 1. The van der Waals surface area contributed by atoms with Crippen LogP contribution in [0.5, 0.6) is 0 Å². The molecule has 0 radical (unpaired) electrons. The molecule has 5 heteroatoms. The summed E-state index contributed by atoms with van der Waals surface area (Å²) in [5.74, 6) is -0.922. The first-order valence-corrected chi connectivity index (χ1v) is 6.39. The van der Waals surface area contributed by atoms with Crippen molar-refractivity contribution >= 4 is 11.8 Å². The van der Waals surface area contributed by atoms with E-state index in [2.05, 4.69) is 10.6 Å². The molecule has 0 saturated carbocycles. The van der Waals surface area contributed by atoms with Crippen LogP contribution >= 0.6 is 0 Å². The highest BCUT2D eigenvalue weighted by atomic mass is 19.1. The third-order valence-electron chi connectivity index (χ3n) is 2.58. The van der Waals surface area contributed by atoms with Crippen LogP contribution in [0.25, 0.3) is 0 Å². The summed E-state index contributed by atoms with van der Waals surface area (Å²) in [4.78, 5) is 22.8. The van der Waals surface area contributed by atoms with Crippen molar-refractivity contribution in [2.75, 3.05) is 6.54 Å². The number of rotatable bonds is 7. The Morgan fingerprint density at radius 2 is 1.74 bits per heavy atom. The fourth-order valence-electron chi connectivity index (χ4n) is 1.48. The van der Waals surface area contributed by atoms with Crippen molar-refractivity contribution in [2.45, 2.75) is 32.7 Å². The van der Waals surface area contributed by atoms with Gasteiger partial charge in [-0.25, -0.2) is 4.39 Å². The van der Waals surface area contributed by atoms with E-state index in [1.807, 2.05) is 6.92 Å². The molecule has 104 valence electrons. The number of amides is 2. The van der Waals surface area contributed by atoms with Crippen molar-refractivity contribution in [3.8, 4) is 0 Å². The highest BCUT2D eigenvalue weighted by Crippen LogP contribution is 2.02. The lowest BCUT2D eigenvalue weighted by atomic mass is 10.2. The molecule has 2 amide bonds. The van der Waals surface area contributed by atoms with E-state index in [1.54, 1.807) is 12.1 Å². The lowest BCUT2D eigenvalue weighted by Crippen LogP contribution is -2.32. The fraction of sp³-hybridized carbons (Fsp3) is 0.429. The fourth-order valence-corrected chi connectivity index (χ4v) is 1.48. The van der Waals surface area contributed by atoms with Gasteiger partial charge in [-0.3, -0.25) is 9.59 Å². The molecular weight excluding hydrogens is 247 g/mol. The number of carbonyl (C=O) groups is 2. The summed E-state index contributed by atoms with van der Waals surface area (Å²) < 4.78 is 12.7. The molecule has 0 aliphatic carbocycles. The summed E-state index contributed by atoms with van der Waals surface area (Å²) in [5.41, 5.74) is 0.793. The highest BCUT2D eigenvalue weighted by Gasteiger charge is 2.08. The van der Waals surface area contributed by atoms with Gasteiger partial charge in [0, 0.05) is 13.1 Å². The Balaban J connectivity index is 2.24. The van der Waals surface area contributed by atoms with E-state index in [0.29, 0.717) is 13.1 Å². The average molecular weight is 266 g/mol. The smallest absolute Gasteiger partial charge is 0.229 e. The zero-order chi connectivity index (χ0) is 14.1. The minimum atomic E-state index is -0.335. The molecule has 1 aromatic rings. The normalized spacial score (nSPS) is 10.0. The van der Waals surface area contributed by atoms with Crippen molar-refractivity contribution in [3.63, 3.8) is 0 Å². The van der Waals surface area contributed by atoms with E-state index in [1.165, 1.54) is 12.1 Å². The Hall–Kier alpha value is -1.91. The number of nitrogens with one attached hydrogen (secondary N) is 2. The molecule has 0 saturated heterocycles. The number of carbonyl (C=O) groups excluding carboxylic acids is 2. The number of hydrogen-bond donors (Lipinski definition) is 2. The monoisotopic (exact) mass is 266 g/mol. The first kappa shape index (κ1) is 15.1. The average Bonchev–Trinajstić information content (AvgIpc) is 2.38. The molecule has 0 aliphatic rings. The van der Waals surface area contributed by atoms with Crippen molar-refractivity contribution in [1.29, 1.82) is 0 Å². The van der Waals surface area contributed by atoms with E-state index >= 15 is 0 Å². The Bertz CT molecular complexity index is 418. The third-order valence-corrected chi connectivity index (χ3v) is 2.58. The maximum Gasteiger partial charge on any atom is 0.229 e. The van der Waals surface area contributed by atoms with Crippen molar-refractivity contribution in [3.05, 3.63) is 35.6 Å². The lowest BCUT2D eigenvalue weighted by Gasteiger charge is -2.06. The van der Waals surface area contributed by atoms with Crippen molar-refractivity contribution in [2.24, 2.45) is 0 Å². The second-order valence-electron chi connectivity index (χ2n) is 4.28. The van der Waals surface area contributed by atoms with Crippen LogP contribution in [0.15, 0.2) is 24.3 Å². The molecule has 0 fully saturated rings. The van der Waals surface area contributed by atoms with Crippen LogP contribution in [0.4, 0.5) is 4.39 Å². The maximum absolute atomic E-state index is 12.7. The minimum absolute atomic E-state index is 0.176.